The number of nitrogens with two attached hydrogens (primary N) is 4. The van der Waals surface area contributed by atoms with E-state index in [1.54, 1.807) is 0 Å². The van der Waals surface area contributed by atoms with Crippen molar-refractivity contribution >= 4 is 49.6 Å². The Morgan fingerprint density at radius 3 is 0.667 bits per heavy atom. The predicted molar refractivity (Wildman–Crippen MR) is 88.6 cm³/mol. The summed E-state index contributed by atoms with van der Waals surface area (Å²) in [5.74, 6) is 0. The average molecular weight is 346 g/mol. The zero-order valence-corrected chi connectivity index (χ0v) is 13.8. The fraction of sp³-hybridized carbons (Fsp3) is 1.00. The summed E-state index contributed by atoms with van der Waals surface area (Å²) in [5.41, 5.74) is 22.2. The lowest BCUT2D eigenvalue weighted by Crippen LogP contribution is -2.35. The number of hydrogen-bond acceptors (Lipinski definition) is 4. The molecule has 2 fully saturated rings. The van der Waals surface area contributed by atoms with Crippen molar-refractivity contribution in [1.29, 1.82) is 0 Å². The summed E-state index contributed by atoms with van der Waals surface area (Å²) >= 11 is 0. The first-order chi connectivity index (χ1) is 6.61. The first-order valence-corrected chi connectivity index (χ1v) is 5.63. The minimum absolute atomic E-state index is 0. The zero-order chi connectivity index (χ0) is 10.6. The van der Waals surface area contributed by atoms with E-state index in [1.165, 1.54) is 12.8 Å². The van der Waals surface area contributed by atoms with Gasteiger partial charge in [0.2, 0.25) is 0 Å². The second-order valence-electron chi connectivity index (χ2n) is 4.52. The molecule has 18 heavy (non-hydrogen) atoms. The van der Waals surface area contributed by atoms with Gasteiger partial charge in [0.1, 0.15) is 0 Å². The third kappa shape index (κ3) is 9.87. The van der Waals surface area contributed by atoms with Crippen molar-refractivity contribution in [2.75, 3.05) is 0 Å². The Labute approximate surface area is 135 Å². The van der Waals surface area contributed by atoms with Crippen molar-refractivity contribution in [2.24, 2.45) is 22.9 Å². The van der Waals surface area contributed by atoms with Gasteiger partial charge < -0.3 is 22.9 Å². The highest BCUT2D eigenvalue weighted by Gasteiger charge is 2.19. The highest BCUT2D eigenvalue weighted by atomic mass is 35.5. The highest BCUT2D eigenvalue weighted by Crippen LogP contribution is 2.14. The van der Waals surface area contributed by atoms with Crippen molar-refractivity contribution in [2.45, 2.75) is 62.7 Å². The van der Waals surface area contributed by atoms with Gasteiger partial charge in [-0.3, -0.25) is 0 Å². The smallest absolute Gasteiger partial charge is 0.0192 e. The van der Waals surface area contributed by atoms with Crippen LogP contribution < -0.4 is 22.9 Å². The summed E-state index contributed by atoms with van der Waals surface area (Å²) in [6.45, 7) is 0. The van der Waals surface area contributed by atoms with Gasteiger partial charge in [0.15, 0.2) is 0 Å². The Morgan fingerprint density at radius 2 is 0.611 bits per heavy atom. The van der Waals surface area contributed by atoms with Crippen molar-refractivity contribution in [3.05, 3.63) is 0 Å². The normalized spacial score (nSPS) is 32.7. The summed E-state index contributed by atoms with van der Waals surface area (Å²) < 4.78 is 0. The van der Waals surface area contributed by atoms with Gasteiger partial charge in [-0.1, -0.05) is 12.8 Å². The van der Waals surface area contributed by atoms with Crippen molar-refractivity contribution in [3.63, 3.8) is 0 Å². The lowest BCUT2D eigenvalue weighted by atomic mass is 10.2. The average Bonchev–Trinajstić information content (AvgIpc) is 2.67. The predicted octanol–water partition coefficient (Wildman–Crippen LogP) is 1.34. The molecule has 0 radical (unpaired) electrons. The van der Waals surface area contributed by atoms with Gasteiger partial charge in [0.25, 0.3) is 0 Å². The van der Waals surface area contributed by atoms with Crippen LogP contribution in [-0.2, 0) is 0 Å². The molecule has 0 saturated heterocycles. The van der Waals surface area contributed by atoms with Gasteiger partial charge in [-0.2, -0.15) is 0 Å². The molecule has 0 heterocycles. The van der Waals surface area contributed by atoms with Crippen LogP contribution in [0.4, 0.5) is 0 Å². The van der Waals surface area contributed by atoms with Crippen LogP contribution in [-0.4, -0.2) is 24.2 Å². The molecule has 4 atom stereocenters. The Balaban J connectivity index is -0.0000000891. The van der Waals surface area contributed by atoms with Crippen molar-refractivity contribution in [3.8, 4) is 0 Å². The number of hydrogen-bond donors (Lipinski definition) is 4. The van der Waals surface area contributed by atoms with E-state index >= 15 is 0 Å². The van der Waals surface area contributed by atoms with Crippen LogP contribution in [0.25, 0.3) is 0 Å². The second-order valence-corrected chi connectivity index (χ2v) is 4.52. The third-order valence-electron chi connectivity index (χ3n) is 3.25. The first kappa shape index (κ1) is 27.4. The van der Waals surface area contributed by atoms with E-state index < -0.39 is 0 Å². The van der Waals surface area contributed by atoms with Crippen molar-refractivity contribution < 1.29 is 0 Å². The second kappa shape index (κ2) is 14.4. The maximum Gasteiger partial charge on any atom is 0.0192 e. The van der Waals surface area contributed by atoms with Gasteiger partial charge in [0.05, 0.1) is 0 Å². The molecule has 0 amide bonds. The van der Waals surface area contributed by atoms with Crippen LogP contribution in [0.1, 0.15) is 38.5 Å². The molecule has 0 unspecified atom stereocenters. The maximum atomic E-state index is 5.55. The van der Waals surface area contributed by atoms with E-state index in [1.807, 2.05) is 0 Å². The van der Waals surface area contributed by atoms with Gasteiger partial charge >= 0.3 is 0 Å². The molecule has 2 aliphatic rings. The number of rotatable bonds is 0. The van der Waals surface area contributed by atoms with Crippen LogP contribution in [0.2, 0.25) is 0 Å². The minimum atomic E-state index is 0. The Hall–Kier alpha value is 1.000. The van der Waals surface area contributed by atoms with Gasteiger partial charge in [-0.05, 0) is 25.7 Å². The summed E-state index contributed by atoms with van der Waals surface area (Å²) in [6, 6.07) is 1.17. The summed E-state index contributed by atoms with van der Waals surface area (Å²) in [4.78, 5) is 0. The molecule has 0 aliphatic heterocycles. The van der Waals surface area contributed by atoms with Crippen LogP contribution in [0.15, 0.2) is 0 Å². The molecular weight excluding hydrogens is 318 g/mol. The van der Waals surface area contributed by atoms with E-state index in [2.05, 4.69) is 0 Å². The summed E-state index contributed by atoms with van der Waals surface area (Å²) in [7, 11) is 0. The molecule has 116 valence electrons. The van der Waals surface area contributed by atoms with E-state index in [0.717, 1.165) is 25.7 Å². The SMILES string of the molecule is Cl.Cl.Cl.Cl.N[C@@H]1CCC[C@H]1N.N[C@H]1CCC[C@@H]1N. The Kier molecular flexibility index (Phi) is 21.9. The fourth-order valence-corrected chi connectivity index (χ4v) is 2.03. The quantitative estimate of drug-likeness (QED) is 0.531. The molecule has 2 aliphatic carbocycles. The topological polar surface area (TPSA) is 104 Å². The van der Waals surface area contributed by atoms with Gasteiger partial charge in [-0.15, -0.1) is 49.6 Å². The standard InChI is InChI=1S/2C5H12N2.4ClH/c2*6-4-2-1-3-5(4)7;;;;/h2*4-5H,1-3,6-7H2;4*1H/t2*4-,5-;;;;/m10..../s1. The molecule has 2 saturated carbocycles. The van der Waals surface area contributed by atoms with Crippen molar-refractivity contribution in [1.82, 2.24) is 0 Å². The zero-order valence-electron chi connectivity index (χ0n) is 10.5. The molecule has 8 N–H and O–H groups in total. The fourth-order valence-electron chi connectivity index (χ4n) is 2.03. The minimum Gasteiger partial charge on any atom is -0.326 e. The molecule has 2 rings (SSSR count). The van der Waals surface area contributed by atoms with E-state index in [0.29, 0.717) is 24.2 Å². The molecular formula is C10H28Cl4N4. The summed E-state index contributed by atoms with van der Waals surface area (Å²) in [6.07, 6.45) is 6.95. The Bertz CT molecular complexity index is 142. The first-order valence-electron chi connectivity index (χ1n) is 5.63. The highest BCUT2D eigenvalue weighted by molar-refractivity contribution is 5.86. The van der Waals surface area contributed by atoms with E-state index in [9.17, 15) is 0 Å². The van der Waals surface area contributed by atoms with Crippen LogP contribution >= 0.6 is 49.6 Å². The van der Waals surface area contributed by atoms with E-state index in [-0.39, 0.29) is 49.6 Å². The molecule has 0 aromatic heterocycles. The van der Waals surface area contributed by atoms with Crippen LogP contribution in [0.3, 0.4) is 0 Å². The number of halogens is 4. The van der Waals surface area contributed by atoms with Crippen LogP contribution in [0, 0.1) is 0 Å². The van der Waals surface area contributed by atoms with Gasteiger partial charge in [-0.25, -0.2) is 0 Å². The molecule has 8 heteroatoms. The largest absolute Gasteiger partial charge is 0.326 e. The monoisotopic (exact) mass is 344 g/mol. The third-order valence-corrected chi connectivity index (χ3v) is 3.25. The van der Waals surface area contributed by atoms with Crippen LogP contribution in [0.5, 0.6) is 0 Å². The molecule has 0 aromatic rings. The lowest BCUT2D eigenvalue weighted by Gasteiger charge is -2.05. The molecule has 0 aromatic carbocycles. The van der Waals surface area contributed by atoms with Gasteiger partial charge in [0, 0.05) is 24.2 Å². The van der Waals surface area contributed by atoms with E-state index in [4.69, 9.17) is 22.9 Å². The lowest BCUT2D eigenvalue weighted by molar-refractivity contribution is 0.603. The maximum absolute atomic E-state index is 5.55. The Morgan fingerprint density at radius 1 is 0.444 bits per heavy atom. The molecule has 0 spiro atoms. The molecule has 4 nitrogen and oxygen atoms in total. The molecule has 0 bridgehead atoms. The summed E-state index contributed by atoms with van der Waals surface area (Å²) in [5, 5.41) is 0.